The van der Waals surface area contributed by atoms with Gasteiger partial charge in [0.25, 0.3) is 0 Å². The lowest BCUT2D eigenvalue weighted by atomic mass is 9.41. The van der Waals surface area contributed by atoms with Gasteiger partial charge in [0.2, 0.25) is 0 Å². The van der Waals surface area contributed by atoms with E-state index in [0.717, 1.165) is 0 Å². The molecule has 2 aliphatic heterocycles. The molecule has 0 spiro atoms. The van der Waals surface area contributed by atoms with Crippen LogP contribution in [0.2, 0.25) is 0 Å². The SMILES string of the molecule is [B]C1([B])Oc2ccc(B3OC(C)(C)C(C)(C)O3)c(F)c2OC1([B])[B]. The van der Waals surface area contributed by atoms with E-state index in [4.69, 9.17) is 50.2 Å². The molecular formula is C14H14B5FO4. The fraction of sp³-hybridized carbons (Fsp3) is 0.571. The van der Waals surface area contributed by atoms with E-state index in [-0.39, 0.29) is 17.0 Å². The van der Waals surface area contributed by atoms with Gasteiger partial charge >= 0.3 is 7.12 Å². The molecule has 0 aliphatic carbocycles. The van der Waals surface area contributed by atoms with Gasteiger partial charge in [-0.3, -0.25) is 0 Å². The molecule has 0 atom stereocenters. The maximum atomic E-state index is 14.9. The monoisotopic (exact) mass is 320 g/mol. The van der Waals surface area contributed by atoms with Crippen molar-refractivity contribution in [3.8, 4) is 11.5 Å². The minimum atomic E-state index is -2.12. The summed E-state index contributed by atoms with van der Waals surface area (Å²) in [7, 11) is 21.8. The number of benzene rings is 1. The van der Waals surface area contributed by atoms with Crippen LogP contribution < -0.4 is 14.9 Å². The summed E-state index contributed by atoms with van der Waals surface area (Å²) in [5, 5.41) is -4.13. The highest BCUT2D eigenvalue weighted by Gasteiger charge is 2.53. The Balaban J connectivity index is 2.01. The fourth-order valence-corrected chi connectivity index (χ4v) is 2.39. The van der Waals surface area contributed by atoms with Crippen LogP contribution in [0.25, 0.3) is 0 Å². The van der Waals surface area contributed by atoms with Crippen molar-refractivity contribution in [2.24, 2.45) is 0 Å². The molecular weight excluding hydrogens is 305 g/mol. The van der Waals surface area contributed by atoms with Gasteiger partial charge in [-0.15, -0.1) is 0 Å². The Kier molecular flexibility index (Phi) is 3.72. The molecule has 0 saturated carbocycles. The molecule has 0 amide bonds. The van der Waals surface area contributed by atoms with E-state index in [0.29, 0.717) is 0 Å². The van der Waals surface area contributed by atoms with Gasteiger partial charge in [-0.05, 0) is 33.8 Å². The Bertz CT molecular complexity index is 676. The number of fused-ring (bicyclic) bond motifs is 1. The van der Waals surface area contributed by atoms with Gasteiger partial charge in [0, 0.05) is 16.3 Å². The van der Waals surface area contributed by atoms with Crippen molar-refractivity contribution in [1.82, 2.24) is 0 Å². The zero-order chi connectivity index (χ0) is 18.1. The minimum Gasteiger partial charge on any atom is -0.501 e. The molecule has 10 heteroatoms. The third-order valence-corrected chi connectivity index (χ3v) is 4.76. The molecule has 0 aromatic heterocycles. The lowest BCUT2D eigenvalue weighted by Gasteiger charge is -2.48. The highest BCUT2D eigenvalue weighted by molar-refractivity contribution is 6.62. The highest BCUT2D eigenvalue weighted by atomic mass is 19.1. The van der Waals surface area contributed by atoms with Crippen LogP contribution in [0, 0.1) is 5.82 Å². The molecule has 4 nitrogen and oxygen atoms in total. The third-order valence-electron chi connectivity index (χ3n) is 4.76. The van der Waals surface area contributed by atoms with E-state index >= 15 is 0 Å². The first kappa shape index (κ1) is 17.8. The molecule has 2 heterocycles. The van der Waals surface area contributed by atoms with Crippen molar-refractivity contribution in [2.75, 3.05) is 0 Å². The van der Waals surface area contributed by atoms with Crippen molar-refractivity contribution >= 4 is 44.0 Å². The van der Waals surface area contributed by atoms with E-state index in [1.54, 1.807) is 0 Å². The standard InChI is InChI=1S/C14H14B5FO4/c1-11(2)12(3,4)24-19(23-11)7-5-6-8-10(9(7)20)22-14(17,18)13(15,16)21-8/h5-6H,1-4H3. The zero-order valence-corrected chi connectivity index (χ0v) is 14.1. The summed E-state index contributed by atoms with van der Waals surface area (Å²) in [5.41, 5.74) is -1.10. The second-order valence-electron chi connectivity index (χ2n) is 7.17. The average molecular weight is 319 g/mol. The Morgan fingerprint density at radius 3 is 1.92 bits per heavy atom. The molecule has 24 heavy (non-hydrogen) atoms. The minimum absolute atomic E-state index is 0.00991. The molecule has 1 saturated heterocycles. The molecule has 0 unspecified atom stereocenters. The van der Waals surface area contributed by atoms with Crippen LogP contribution in [-0.4, -0.2) is 60.5 Å². The first-order valence-electron chi connectivity index (χ1n) is 7.49. The molecule has 3 rings (SSSR count). The number of hydrogen-bond acceptors (Lipinski definition) is 4. The van der Waals surface area contributed by atoms with Gasteiger partial charge in [-0.25, -0.2) is 4.39 Å². The number of rotatable bonds is 1. The Morgan fingerprint density at radius 2 is 1.38 bits per heavy atom. The first-order chi connectivity index (χ1) is 10.8. The number of ether oxygens (including phenoxy) is 2. The van der Waals surface area contributed by atoms with Gasteiger partial charge in [0.15, 0.2) is 17.3 Å². The fourth-order valence-electron chi connectivity index (χ4n) is 2.39. The molecule has 1 fully saturated rings. The van der Waals surface area contributed by atoms with E-state index in [1.165, 1.54) is 12.1 Å². The average Bonchev–Trinajstić information content (AvgIpc) is 2.61. The van der Waals surface area contributed by atoms with Gasteiger partial charge in [0.1, 0.15) is 31.4 Å². The molecule has 1 aromatic rings. The summed E-state index contributed by atoms with van der Waals surface area (Å²) in [6, 6.07) is 2.90. The van der Waals surface area contributed by atoms with Gasteiger partial charge < -0.3 is 18.8 Å². The van der Waals surface area contributed by atoms with E-state index in [2.05, 4.69) is 0 Å². The van der Waals surface area contributed by atoms with E-state index in [9.17, 15) is 4.39 Å². The summed E-state index contributed by atoms with van der Waals surface area (Å²) in [6.07, 6.45) is 0. The van der Waals surface area contributed by atoms with Crippen molar-refractivity contribution in [3.63, 3.8) is 0 Å². The summed E-state index contributed by atoms with van der Waals surface area (Å²) in [6.45, 7) is 7.46. The van der Waals surface area contributed by atoms with Crippen LogP contribution in [0.15, 0.2) is 12.1 Å². The highest BCUT2D eigenvalue weighted by Crippen LogP contribution is 2.42. The Labute approximate surface area is 146 Å². The summed E-state index contributed by atoms with van der Waals surface area (Å²) >= 11 is 0. The van der Waals surface area contributed by atoms with Crippen molar-refractivity contribution in [1.29, 1.82) is 0 Å². The van der Waals surface area contributed by atoms with E-state index < -0.39 is 34.9 Å². The van der Waals surface area contributed by atoms with Crippen molar-refractivity contribution in [3.05, 3.63) is 17.9 Å². The second kappa shape index (κ2) is 5.01. The lowest BCUT2D eigenvalue weighted by molar-refractivity contribution is 0.00578. The molecule has 1 aromatic carbocycles. The predicted molar refractivity (Wildman–Crippen MR) is 91.9 cm³/mol. The maximum Gasteiger partial charge on any atom is 0.498 e. The Hall–Kier alpha value is -1.01. The normalized spacial score (nSPS) is 25.5. The maximum absolute atomic E-state index is 14.9. The molecule has 0 bridgehead atoms. The molecule has 116 valence electrons. The summed E-state index contributed by atoms with van der Waals surface area (Å²) < 4.78 is 37.2. The van der Waals surface area contributed by atoms with Crippen molar-refractivity contribution < 1.29 is 23.2 Å². The second-order valence-corrected chi connectivity index (χ2v) is 7.17. The topological polar surface area (TPSA) is 36.9 Å². The molecule has 0 N–H and O–H groups in total. The molecule has 8 radical (unpaired) electrons. The van der Waals surface area contributed by atoms with Crippen molar-refractivity contribution in [2.45, 2.75) is 49.7 Å². The summed E-state index contributed by atoms with van der Waals surface area (Å²) in [5.74, 6) is -1.06. The van der Waals surface area contributed by atoms with Gasteiger partial charge in [-0.2, -0.15) is 0 Å². The van der Waals surface area contributed by atoms with Gasteiger partial charge in [-0.1, -0.05) is 6.07 Å². The van der Waals surface area contributed by atoms with Crippen LogP contribution in [0.5, 0.6) is 11.5 Å². The summed E-state index contributed by atoms with van der Waals surface area (Å²) in [4.78, 5) is 0. The first-order valence-corrected chi connectivity index (χ1v) is 7.49. The largest absolute Gasteiger partial charge is 0.501 e. The third kappa shape index (κ3) is 2.50. The van der Waals surface area contributed by atoms with Gasteiger partial charge in [0.05, 0.1) is 11.2 Å². The van der Waals surface area contributed by atoms with Crippen LogP contribution in [0.1, 0.15) is 27.7 Å². The zero-order valence-electron chi connectivity index (χ0n) is 14.1. The Morgan fingerprint density at radius 1 is 0.875 bits per heavy atom. The van der Waals surface area contributed by atoms with Crippen LogP contribution in [0.4, 0.5) is 4.39 Å². The predicted octanol–water partition coefficient (Wildman–Crippen LogP) is -0.122. The van der Waals surface area contributed by atoms with Crippen LogP contribution >= 0.6 is 0 Å². The lowest BCUT2D eigenvalue weighted by Crippen LogP contribution is -2.66. The van der Waals surface area contributed by atoms with E-state index in [1.807, 2.05) is 27.7 Å². The smallest absolute Gasteiger partial charge is 0.498 e. The van der Waals surface area contributed by atoms with Crippen LogP contribution in [0.3, 0.4) is 0 Å². The molecule has 2 aliphatic rings. The quantitative estimate of drug-likeness (QED) is 0.676. The number of hydrogen-bond donors (Lipinski definition) is 0. The number of halogens is 1. The van der Waals surface area contributed by atoms with Crippen LogP contribution in [-0.2, 0) is 9.31 Å².